The van der Waals surface area contributed by atoms with Crippen molar-refractivity contribution in [2.45, 2.75) is 24.9 Å². The van der Waals surface area contributed by atoms with Gasteiger partial charge in [-0.05, 0) is 25.7 Å². The lowest BCUT2D eigenvalue weighted by molar-refractivity contribution is 0.101. The zero-order chi connectivity index (χ0) is 4.74. The molecule has 0 amide bonds. The third-order valence-corrected chi connectivity index (χ3v) is 1.79. The Morgan fingerprint density at radius 2 is 2.43 bits per heavy atom. The molecule has 7 heavy (non-hydrogen) atoms. The van der Waals surface area contributed by atoms with E-state index >= 15 is 0 Å². The second-order valence-electron chi connectivity index (χ2n) is 2.43. The lowest BCUT2D eigenvalue weighted by Crippen LogP contribution is -2.02. The fraction of sp³-hybridized carbons (Fsp3) is 0.833. The molecule has 2 fully saturated rings. The van der Waals surface area contributed by atoms with Gasteiger partial charge in [-0.1, -0.05) is 0 Å². The topological polar surface area (TPSA) is 9.23 Å². The largest absolute Gasteiger partial charge is 0.375 e. The van der Waals surface area contributed by atoms with Gasteiger partial charge in [0.15, 0.2) is 0 Å². The van der Waals surface area contributed by atoms with Crippen molar-refractivity contribution in [2.75, 3.05) is 6.61 Å². The van der Waals surface area contributed by atoms with Crippen LogP contribution in [0.5, 0.6) is 0 Å². The molecule has 2 aliphatic rings. The maximum Gasteiger partial charge on any atom is 0.0720 e. The van der Waals surface area contributed by atoms with Crippen LogP contribution in [-0.4, -0.2) is 12.2 Å². The minimum absolute atomic E-state index is 0.319. The number of hydrogen-bond acceptors (Lipinski definition) is 1. The van der Waals surface area contributed by atoms with Gasteiger partial charge < -0.3 is 4.74 Å². The average molecular weight is 97.1 g/mol. The zero-order valence-electron chi connectivity index (χ0n) is 4.31. The first-order valence-electron chi connectivity index (χ1n) is 2.90. The Labute approximate surface area is 43.7 Å². The van der Waals surface area contributed by atoms with Crippen LogP contribution in [0.3, 0.4) is 0 Å². The second kappa shape index (κ2) is 1.03. The van der Waals surface area contributed by atoms with Crippen LogP contribution in [-0.2, 0) is 4.74 Å². The average Bonchev–Trinajstić information content (AvgIpc) is 2.15. The molecule has 0 N–H and O–H groups in total. The molecule has 1 spiro atoms. The molecule has 1 aliphatic heterocycles. The Kier molecular flexibility index (Phi) is 0.571. The molecule has 1 saturated carbocycles. The first-order valence-corrected chi connectivity index (χ1v) is 2.90. The predicted molar refractivity (Wildman–Crippen MR) is 26.8 cm³/mol. The quantitative estimate of drug-likeness (QED) is 0.440. The van der Waals surface area contributed by atoms with Gasteiger partial charge in [0.25, 0.3) is 0 Å². The molecule has 2 rings (SSSR count). The van der Waals surface area contributed by atoms with Crippen LogP contribution in [0.4, 0.5) is 0 Å². The highest BCUT2D eigenvalue weighted by Gasteiger charge is 2.46. The number of rotatable bonds is 0. The van der Waals surface area contributed by atoms with Gasteiger partial charge in [0.1, 0.15) is 0 Å². The van der Waals surface area contributed by atoms with E-state index in [1.807, 2.05) is 0 Å². The van der Waals surface area contributed by atoms with E-state index in [2.05, 4.69) is 6.42 Å². The van der Waals surface area contributed by atoms with Gasteiger partial charge in [-0.25, -0.2) is 0 Å². The highest BCUT2D eigenvalue weighted by atomic mass is 16.5. The van der Waals surface area contributed by atoms with Crippen molar-refractivity contribution < 1.29 is 4.74 Å². The van der Waals surface area contributed by atoms with E-state index in [4.69, 9.17) is 4.74 Å². The van der Waals surface area contributed by atoms with E-state index in [-0.39, 0.29) is 0 Å². The Balaban J connectivity index is 2.07. The Morgan fingerprint density at radius 1 is 1.57 bits per heavy atom. The molecule has 1 saturated heterocycles. The molecule has 1 atom stereocenters. The molecular formula is C6H9O. The van der Waals surface area contributed by atoms with Crippen LogP contribution in [0, 0.1) is 6.42 Å². The maximum absolute atomic E-state index is 5.40. The van der Waals surface area contributed by atoms with Gasteiger partial charge in [0.2, 0.25) is 0 Å². The third-order valence-electron chi connectivity index (χ3n) is 1.79. The van der Waals surface area contributed by atoms with Crippen LogP contribution in [0.2, 0.25) is 0 Å². The molecule has 0 aromatic carbocycles. The fourth-order valence-corrected chi connectivity index (χ4v) is 1.15. The first kappa shape index (κ1) is 3.90. The van der Waals surface area contributed by atoms with Crippen molar-refractivity contribution in [2.24, 2.45) is 0 Å². The van der Waals surface area contributed by atoms with Crippen LogP contribution >= 0.6 is 0 Å². The smallest absolute Gasteiger partial charge is 0.0720 e. The van der Waals surface area contributed by atoms with Crippen molar-refractivity contribution in [3.63, 3.8) is 0 Å². The summed E-state index contributed by atoms with van der Waals surface area (Å²) >= 11 is 0. The molecule has 0 bridgehead atoms. The second-order valence-corrected chi connectivity index (χ2v) is 2.43. The molecule has 0 aromatic rings. The first-order chi connectivity index (χ1) is 3.41. The Bertz CT molecular complexity index is 76.2. The molecule has 1 aliphatic carbocycles. The molecule has 1 unspecified atom stereocenters. The van der Waals surface area contributed by atoms with E-state index in [1.165, 1.54) is 19.3 Å². The predicted octanol–water partition coefficient (Wildman–Crippen LogP) is 1.14. The highest BCUT2D eigenvalue weighted by Crippen LogP contribution is 2.45. The molecular weight excluding hydrogens is 88.1 g/mol. The summed E-state index contributed by atoms with van der Waals surface area (Å²) in [6, 6.07) is 0. The van der Waals surface area contributed by atoms with Gasteiger partial charge in [-0.3, -0.25) is 0 Å². The Morgan fingerprint density at radius 3 is 2.71 bits per heavy atom. The normalized spacial score (nSPS) is 34.3. The van der Waals surface area contributed by atoms with Crippen molar-refractivity contribution in [3.05, 3.63) is 6.42 Å². The van der Waals surface area contributed by atoms with Crippen LogP contribution in [0.25, 0.3) is 0 Å². The van der Waals surface area contributed by atoms with Gasteiger partial charge in [0.05, 0.1) is 5.60 Å². The zero-order valence-corrected chi connectivity index (χ0v) is 4.31. The summed E-state index contributed by atoms with van der Waals surface area (Å²) in [4.78, 5) is 0. The van der Waals surface area contributed by atoms with E-state index in [0.29, 0.717) is 5.60 Å². The molecule has 0 aromatic heterocycles. The van der Waals surface area contributed by atoms with Crippen LogP contribution in [0.1, 0.15) is 19.3 Å². The van der Waals surface area contributed by atoms with E-state index in [1.54, 1.807) is 0 Å². The molecule has 1 heteroatoms. The van der Waals surface area contributed by atoms with Crippen molar-refractivity contribution in [1.29, 1.82) is 0 Å². The summed E-state index contributed by atoms with van der Waals surface area (Å²) in [5.74, 6) is 0. The summed E-state index contributed by atoms with van der Waals surface area (Å²) in [5, 5.41) is 0. The standard InChI is InChI=1S/C6H9O/c1-2-6(3-4-6)7-5-1/h3H,1-2,4-5H2. The fourth-order valence-electron chi connectivity index (χ4n) is 1.15. The summed E-state index contributed by atoms with van der Waals surface area (Å²) in [5.41, 5.74) is 0.319. The van der Waals surface area contributed by atoms with E-state index < -0.39 is 0 Å². The summed E-state index contributed by atoms with van der Waals surface area (Å²) in [7, 11) is 0. The lowest BCUT2D eigenvalue weighted by atomic mass is 10.2. The van der Waals surface area contributed by atoms with Crippen LogP contribution < -0.4 is 0 Å². The van der Waals surface area contributed by atoms with Gasteiger partial charge in [-0.15, -0.1) is 0 Å². The molecule has 1 nitrogen and oxygen atoms in total. The van der Waals surface area contributed by atoms with Crippen molar-refractivity contribution >= 4 is 0 Å². The minimum atomic E-state index is 0.319. The van der Waals surface area contributed by atoms with Gasteiger partial charge in [0, 0.05) is 6.61 Å². The maximum atomic E-state index is 5.40. The summed E-state index contributed by atoms with van der Waals surface area (Å²) < 4.78 is 5.40. The lowest BCUT2D eigenvalue weighted by Gasteiger charge is -1.99. The van der Waals surface area contributed by atoms with Crippen LogP contribution in [0.15, 0.2) is 0 Å². The van der Waals surface area contributed by atoms with E-state index in [9.17, 15) is 0 Å². The number of hydrogen-bond donors (Lipinski definition) is 0. The van der Waals surface area contributed by atoms with Crippen molar-refractivity contribution in [1.82, 2.24) is 0 Å². The van der Waals surface area contributed by atoms with Gasteiger partial charge >= 0.3 is 0 Å². The molecule has 1 heterocycles. The monoisotopic (exact) mass is 97.1 g/mol. The number of ether oxygens (including phenoxy) is 1. The summed E-state index contributed by atoms with van der Waals surface area (Å²) in [6.07, 6.45) is 6.04. The van der Waals surface area contributed by atoms with E-state index in [0.717, 1.165) is 6.61 Å². The third kappa shape index (κ3) is 0.480. The Hall–Kier alpha value is -0.0400. The molecule has 39 valence electrons. The van der Waals surface area contributed by atoms with Gasteiger partial charge in [-0.2, -0.15) is 0 Å². The summed E-state index contributed by atoms with van der Waals surface area (Å²) in [6.45, 7) is 0.997. The SMILES string of the molecule is [CH]1CC12CCCO2. The highest BCUT2D eigenvalue weighted by molar-refractivity contribution is 5.15. The van der Waals surface area contributed by atoms with Crippen molar-refractivity contribution in [3.8, 4) is 0 Å². The minimum Gasteiger partial charge on any atom is -0.375 e. The molecule has 1 radical (unpaired) electrons.